The van der Waals surface area contributed by atoms with Gasteiger partial charge in [-0.25, -0.2) is 9.48 Å². The molecular weight excluding hydrogens is 332 g/mol. The lowest BCUT2D eigenvalue weighted by atomic mass is 9.97. The van der Waals surface area contributed by atoms with Gasteiger partial charge in [0, 0.05) is 40.2 Å². The summed E-state index contributed by atoms with van der Waals surface area (Å²) in [5.41, 5.74) is 2.14. The third-order valence-electron chi connectivity index (χ3n) is 5.05. The van der Waals surface area contributed by atoms with Crippen molar-refractivity contribution in [2.45, 2.75) is 32.9 Å². The number of methoxy groups -OCH3 is 1. The van der Waals surface area contributed by atoms with E-state index in [9.17, 15) is 9.59 Å². The first-order valence-electron chi connectivity index (χ1n) is 8.96. The Kier molecular flexibility index (Phi) is 5.56. The van der Waals surface area contributed by atoms with Gasteiger partial charge in [0.05, 0.1) is 12.5 Å². The molecule has 0 saturated heterocycles. The van der Waals surface area contributed by atoms with Crippen LogP contribution in [0.5, 0.6) is 0 Å². The number of rotatable bonds is 6. The van der Waals surface area contributed by atoms with E-state index in [4.69, 9.17) is 4.74 Å². The van der Waals surface area contributed by atoms with Crippen molar-refractivity contribution in [2.75, 3.05) is 20.3 Å². The third kappa shape index (κ3) is 3.72. The molecule has 26 heavy (non-hydrogen) atoms. The molecule has 0 unspecified atom stereocenters. The molecular formula is C19H26N4O3. The highest BCUT2D eigenvalue weighted by atomic mass is 16.5. The van der Waals surface area contributed by atoms with E-state index < -0.39 is 0 Å². The highest BCUT2D eigenvalue weighted by molar-refractivity contribution is 5.79. The van der Waals surface area contributed by atoms with Gasteiger partial charge in [-0.05, 0) is 24.5 Å². The predicted octanol–water partition coefficient (Wildman–Crippen LogP) is 1.13. The zero-order valence-corrected chi connectivity index (χ0v) is 15.6. The average Bonchev–Trinajstić information content (AvgIpc) is 2.93. The van der Waals surface area contributed by atoms with E-state index in [-0.39, 0.29) is 17.5 Å². The highest BCUT2D eigenvalue weighted by Gasteiger charge is 2.30. The van der Waals surface area contributed by atoms with Gasteiger partial charge >= 0.3 is 5.69 Å². The summed E-state index contributed by atoms with van der Waals surface area (Å²) in [6.07, 6.45) is 1.36. The second kappa shape index (κ2) is 7.86. The molecule has 140 valence electrons. The summed E-state index contributed by atoms with van der Waals surface area (Å²) in [5.74, 6) is 0.640. The number of aromatic nitrogens is 3. The van der Waals surface area contributed by atoms with E-state index in [1.165, 1.54) is 4.68 Å². The fourth-order valence-corrected chi connectivity index (χ4v) is 3.46. The number of amides is 1. The van der Waals surface area contributed by atoms with Crippen LogP contribution in [0, 0.1) is 12.8 Å². The van der Waals surface area contributed by atoms with Gasteiger partial charge in [-0.15, -0.1) is 0 Å². The minimum Gasteiger partial charge on any atom is -0.383 e. The molecule has 1 aliphatic rings. The SMILES string of the molecule is COCCN(Cc1ccccc1C)C(=O)[C@@H]1CCc2nn(C)c(=O)n2C1. The Morgan fingerprint density at radius 2 is 2.15 bits per heavy atom. The molecule has 0 saturated carbocycles. The van der Waals surface area contributed by atoms with Crippen molar-refractivity contribution in [1.29, 1.82) is 0 Å². The van der Waals surface area contributed by atoms with E-state index in [1.807, 2.05) is 23.1 Å². The smallest absolute Gasteiger partial charge is 0.345 e. The molecule has 7 nitrogen and oxygen atoms in total. The van der Waals surface area contributed by atoms with Crippen LogP contribution in [0.4, 0.5) is 0 Å². The minimum absolute atomic E-state index is 0.0757. The van der Waals surface area contributed by atoms with Crippen molar-refractivity contribution >= 4 is 5.91 Å². The average molecular weight is 358 g/mol. The van der Waals surface area contributed by atoms with Crippen LogP contribution in [0.15, 0.2) is 29.1 Å². The van der Waals surface area contributed by atoms with Crippen LogP contribution < -0.4 is 5.69 Å². The lowest BCUT2D eigenvalue weighted by molar-refractivity contribution is -0.138. The predicted molar refractivity (Wildman–Crippen MR) is 97.8 cm³/mol. The van der Waals surface area contributed by atoms with E-state index >= 15 is 0 Å². The topological polar surface area (TPSA) is 69.4 Å². The number of carbonyl (C=O) groups is 1. The van der Waals surface area contributed by atoms with Gasteiger partial charge in [0.15, 0.2) is 0 Å². The molecule has 1 aromatic heterocycles. The van der Waals surface area contributed by atoms with Crippen LogP contribution in [0.3, 0.4) is 0 Å². The van der Waals surface area contributed by atoms with Crippen LogP contribution in [-0.2, 0) is 36.1 Å². The third-order valence-corrected chi connectivity index (χ3v) is 5.05. The normalized spacial score (nSPS) is 16.3. The fraction of sp³-hybridized carbons (Fsp3) is 0.526. The molecule has 1 amide bonds. The number of nitrogens with zero attached hydrogens (tertiary/aromatic N) is 4. The Balaban J connectivity index is 1.78. The van der Waals surface area contributed by atoms with Crippen LogP contribution >= 0.6 is 0 Å². The first-order valence-corrected chi connectivity index (χ1v) is 8.96. The summed E-state index contributed by atoms with van der Waals surface area (Å²) in [5, 5.41) is 4.24. The van der Waals surface area contributed by atoms with Crippen molar-refractivity contribution in [3.8, 4) is 0 Å². The number of fused-ring (bicyclic) bond motifs is 1. The maximum absolute atomic E-state index is 13.2. The van der Waals surface area contributed by atoms with Crippen molar-refractivity contribution in [3.63, 3.8) is 0 Å². The maximum Gasteiger partial charge on any atom is 0.345 e. The van der Waals surface area contributed by atoms with Gasteiger partial charge in [0.2, 0.25) is 5.91 Å². The number of carbonyl (C=O) groups excluding carboxylic acids is 1. The van der Waals surface area contributed by atoms with Gasteiger partial charge in [-0.3, -0.25) is 9.36 Å². The zero-order chi connectivity index (χ0) is 18.7. The number of benzene rings is 1. The molecule has 3 rings (SSSR count). The summed E-state index contributed by atoms with van der Waals surface area (Å²) >= 11 is 0. The van der Waals surface area contributed by atoms with Gasteiger partial charge < -0.3 is 9.64 Å². The molecule has 1 aromatic carbocycles. The monoisotopic (exact) mass is 358 g/mol. The quantitative estimate of drug-likeness (QED) is 0.776. The highest BCUT2D eigenvalue weighted by Crippen LogP contribution is 2.21. The fourth-order valence-electron chi connectivity index (χ4n) is 3.46. The Hall–Kier alpha value is -2.41. The van der Waals surface area contributed by atoms with Crippen molar-refractivity contribution in [2.24, 2.45) is 13.0 Å². The largest absolute Gasteiger partial charge is 0.383 e. The standard InChI is InChI=1S/C19H26N4O3/c1-14-6-4-5-7-15(14)12-22(10-11-26-3)18(24)16-8-9-17-20-21(2)19(25)23(17)13-16/h4-7,16H,8-13H2,1-3H3/t16-/m1/s1. The number of hydrogen-bond acceptors (Lipinski definition) is 4. The molecule has 0 N–H and O–H groups in total. The molecule has 0 bridgehead atoms. The van der Waals surface area contributed by atoms with Gasteiger partial charge in [0.25, 0.3) is 0 Å². The summed E-state index contributed by atoms with van der Waals surface area (Å²) in [6.45, 7) is 4.03. The lowest BCUT2D eigenvalue weighted by Crippen LogP contribution is -2.42. The Morgan fingerprint density at radius 3 is 2.88 bits per heavy atom. The Morgan fingerprint density at radius 1 is 1.38 bits per heavy atom. The van der Waals surface area contributed by atoms with E-state index in [2.05, 4.69) is 18.1 Å². The molecule has 0 radical (unpaired) electrons. The van der Waals surface area contributed by atoms with Crippen LogP contribution in [0.1, 0.15) is 23.4 Å². The zero-order valence-electron chi connectivity index (χ0n) is 15.6. The van der Waals surface area contributed by atoms with Crippen molar-refractivity contribution < 1.29 is 9.53 Å². The maximum atomic E-state index is 13.2. The van der Waals surface area contributed by atoms with Crippen LogP contribution in [0.25, 0.3) is 0 Å². The van der Waals surface area contributed by atoms with E-state index in [0.29, 0.717) is 39.1 Å². The van der Waals surface area contributed by atoms with Gasteiger partial charge in [0.1, 0.15) is 5.82 Å². The van der Waals surface area contributed by atoms with Crippen molar-refractivity contribution in [1.82, 2.24) is 19.2 Å². The molecule has 2 aromatic rings. The van der Waals surface area contributed by atoms with Gasteiger partial charge in [-0.1, -0.05) is 24.3 Å². The molecule has 2 heterocycles. The molecule has 0 aliphatic carbocycles. The molecule has 7 heteroatoms. The summed E-state index contributed by atoms with van der Waals surface area (Å²) in [7, 11) is 3.28. The van der Waals surface area contributed by atoms with Crippen molar-refractivity contribution in [3.05, 3.63) is 51.7 Å². The molecule has 0 spiro atoms. The lowest BCUT2D eigenvalue weighted by Gasteiger charge is -2.30. The first-order chi connectivity index (χ1) is 12.5. The number of ether oxygens (including phenoxy) is 1. The number of hydrogen-bond donors (Lipinski definition) is 0. The second-order valence-corrected chi connectivity index (χ2v) is 6.85. The van der Waals surface area contributed by atoms with Crippen LogP contribution in [0.2, 0.25) is 0 Å². The van der Waals surface area contributed by atoms with Gasteiger partial charge in [-0.2, -0.15) is 5.10 Å². The number of aryl methyl sites for hydroxylation is 3. The molecule has 1 aliphatic heterocycles. The summed E-state index contributed by atoms with van der Waals surface area (Å²) in [4.78, 5) is 27.2. The van der Waals surface area contributed by atoms with E-state index in [1.54, 1.807) is 18.7 Å². The first kappa shape index (κ1) is 18.4. The summed E-state index contributed by atoms with van der Waals surface area (Å²) < 4.78 is 8.17. The Labute approximate surface area is 153 Å². The van der Waals surface area contributed by atoms with Crippen LogP contribution in [-0.4, -0.2) is 45.4 Å². The Bertz CT molecular complexity index is 840. The second-order valence-electron chi connectivity index (χ2n) is 6.85. The molecule has 0 fully saturated rings. The molecule has 1 atom stereocenters. The minimum atomic E-state index is -0.203. The van der Waals surface area contributed by atoms with E-state index in [0.717, 1.165) is 17.0 Å². The summed E-state index contributed by atoms with van der Waals surface area (Å²) in [6, 6.07) is 8.09.